The van der Waals surface area contributed by atoms with E-state index in [0.29, 0.717) is 29.6 Å². The van der Waals surface area contributed by atoms with E-state index < -0.39 is 30.5 Å². The summed E-state index contributed by atoms with van der Waals surface area (Å²) in [4.78, 5) is 63.9. The van der Waals surface area contributed by atoms with Gasteiger partial charge in [0.25, 0.3) is 5.56 Å². The molecule has 0 radical (unpaired) electrons. The van der Waals surface area contributed by atoms with Crippen LogP contribution in [-0.2, 0) is 43.5 Å². The lowest BCUT2D eigenvalue weighted by Crippen LogP contribution is -2.29. The number of aryl methyl sites for hydroxylation is 1. The van der Waals surface area contributed by atoms with Crippen molar-refractivity contribution >= 4 is 35.0 Å². The maximum absolute atomic E-state index is 13.3. The fourth-order valence-electron chi connectivity index (χ4n) is 4.70. The lowest BCUT2D eigenvalue weighted by atomic mass is 9.98. The molecule has 2 aromatic heterocycles. The summed E-state index contributed by atoms with van der Waals surface area (Å²) >= 11 is 0. The van der Waals surface area contributed by atoms with Crippen LogP contribution in [-0.4, -0.2) is 57.6 Å². The number of hydrogen-bond donors (Lipinski definition) is 3. The van der Waals surface area contributed by atoms with Gasteiger partial charge in [0.1, 0.15) is 18.4 Å². The van der Waals surface area contributed by atoms with Gasteiger partial charge in [0.2, 0.25) is 5.91 Å². The number of carbonyl (C=O) groups excluding carboxylic acids is 3. The highest BCUT2D eigenvalue weighted by Gasteiger charge is 2.29. The molecule has 0 spiro atoms. The van der Waals surface area contributed by atoms with Crippen LogP contribution >= 0.6 is 0 Å². The normalized spacial score (nSPS) is 12.0. The van der Waals surface area contributed by atoms with E-state index in [9.17, 15) is 29.1 Å². The maximum atomic E-state index is 13.3. The Kier molecular flexibility index (Phi) is 10.5. The van der Waals surface area contributed by atoms with Crippen LogP contribution in [0.4, 0.5) is 0 Å². The first-order valence-electron chi connectivity index (χ1n) is 13.2. The van der Waals surface area contributed by atoms with Crippen molar-refractivity contribution in [3.05, 3.63) is 56.9 Å². The Morgan fingerprint density at radius 1 is 1.17 bits per heavy atom. The van der Waals surface area contributed by atoms with E-state index in [1.165, 1.54) is 7.11 Å². The number of amides is 1. The fraction of sp³-hybridized carbons (Fsp3) is 0.379. The summed E-state index contributed by atoms with van der Waals surface area (Å²) in [5.41, 5.74) is 3.35. The highest BCUT2D eigenvalue weighted by atomic mass is 16.5. The standard InChI is InChI=1S/C27H27N3O9.C2H6/c1-3-15-16-8-14(39-25(36)7-6-23(33)28-10-24(34)35)4-5-20(16)29-26-18(15)11-30-21(26)9-17(22(32)12-31)19(13-38-2)27(30)37;1-2/h4-5,8-9,12,22,32H,3,6-7,10-11,13H2,1-2H3,(H,28,33)(H,34,35);1-2H3. The van der Waals surface area contributed by atoms with Gasteiger partial charge < -0.3 is 34.4 Å². The Bertz CT molecular complexity index is 1540. The van der Waals surface area contributed by atoms with Gasteiger partial charge in [-0.15, -0.1) is 0 Å². The summed E-state index contributed by atoms with van der Waals surface area (Å²) in [6, 6.07) is 6.52. The number of aromatic nitrogens is 2. The number of aliphatic carboxylic acids is 1. The summed E-state index contributed by atoms with van der Waals surface area (Å²) in [6.45, 7) is 5.59. The summed E-state index contributed by atoms with van der Waals surface area (Å²) < 4.78 is 12.1. The number of ether oxygens (including phenoxy) is 2. The molecular formula is C29H33N3O9. The number of fused-ring (bicyclic) bond motifs is 4. The lowest BCUT2D eigenvalue weighted by molar-refractivity contribution is -0.138. The predicted octanol–water partition coefficient (Wildman–Crippen LogP) is 2.28. The van der Waals surface area contributed by atoms with Gasteiger partial charge >= 0.3 is 11.9 Å². The van der Waals surface area contributed by atoms with Gasteiger partial charge in [0.15, 0.2) is 6.29 Å². The number of nitrogens with one attached hydrogen (secondary N) is 1. The number of esters is 1. The summed E-state index contributed by atoms with van der Waals surface area (Å²) in [6.07, 6.45) is -0.987. The van der Waals surface area contributed by atoms with Crippen LogP contribution in [0.1, 0.15) is 62.0 Å². The molecule has 0 bridgehead atoms. The number of carboxylic acids is 1. The van der Waals surface area contributed by atoms with Gasteiger partial charge in [-0.25, -0.2) is 4.98 Å². The molecule has 12 heteroatoms. The van der Waals surface area contributed by atoms with Crippen LogP contribution in [0.3, 0.4) is 0 Å². The number of aldehydes is 1. The Balaban J connectivity index is 0.00000226. The SMILES string of the molecule is CC.CCc1c2c(nc3ccc(OC(=O)CCC(=O)NCC(=O)O)cc13)-c1cc(C(O)C=O)c(COC)c(=O)n1C2. The average molecular weight is 568 g/mol. The lowest BCUT2D eigenvalue weighted by Gasteiger charge is -2.14. The third-order valence-corrected chi connectivity index (χ3v) is 6.48. The van der Waals surface area contributed by atoms with Crippen LogP contribution in [0.15, 0.2) is 29.1 Å². The third kappa shape index (κ3) is 6.67. The van der Waals surface area contributed by atoms with Crippen LogP contribution < -0.4 is 15.6 Å². The van der Waals surface area contributed by atoms with Crippen molar-refractivity contribution < 1.29 is 38.9 Å². The average Bonchev–Trinajstić information content (AvgIpc) is 3.34. The van der Waals surface area contributed by atoms with Gasteiger partial charge in [0, 0.05) is 35.6 Å². The molecule has 41 heavy (non-hydrogen) atoms. The van der Waals surface area contributed by atoms with Gasteiger partial charge in [0.05, 0.1) is 36.5 Å². The van der Waals surface area contributed by atoms with Gasteiger partial charge in [-0.2, -0.15) is 0 Å². The highest BCUT2D eigenvalue weighted by molar-refractivity contribution is 5.90. The summed E-state index contributed by atoms with van der Waals surface area (Å²) in [5, 5.41) is 21.8. The van der Waals surface area contributed by atoms with E-state index in [1.54, 1.807) is 28.8 Å². The van der Waals surface area contributed by atoms with Crippen LogP contribution in [0.5, 0.6) is 5.75 Å². The molecule has 1 atom stereocenters. The number of nitrogens with zero attached hydrogens (tertiary/aromatic N) is 2. The molecule has 1 aliphatic rings. The third-order valence-electron chi connectivity index (χ3n) is 6.48. The first-order chi connectivity index (χ1) is 19.7. The Hall–Kier alpha value is -4.42. The molecule has 3 N–H and O–H groups in total. The van der Waals surface area contributed by atoms with Crippen molar-refractivity contribution in [2.45, 2.75) is 59.3 Å². The zero-order valence-corrected chi connectivity index (χ0v) is 23.4. The molecule has 0 fully saturated rings. The maximum Gasteiger partial charge on any atom is 0.322 e. The van der Waals surface area contributed by atoms with Gasteiger partial charge in [-0.3, -0.25) is 19.2 Å². The van der Waals surface area contributed by atoms with Crippen LogP contribution in [0.2, 0.25) is 0 Å². The van der Waals surface area contributed by atoms with Crippen molar-refractivity contribution in [2.75, 3.05) is 13.7 Å². The van der Waals surface area contributed by atoms with Gasteiger partial charge in [-0.05, 0) is 36.2 Å². The molecule has 1 unspecified atom stereocenters. The number of hydrogen-bond acceptors (Lipinski definition) is 9. The van der Waals surface area contributed by atoms with E-state index in [0.717, 1.165) is 16.5 Å². The summed E-state index contributed by atoms with van der Waals surface area (Å²) in [7, 11) is 1.42. The number of carboxylic acid groups (broad SMARTS) is 1. The predicted molar refractivity (Wildman–Crippen MR) is 149 cm³/mol. The molecule has 218 valence electrons. The molecule has 3 heterocycles. The number of aliphatic hydroxyl groups is 1. The number of aliphatic hydroxyl groups excluding tert-OH is 1. The molecule has 1 amide bonds. The molecule has 0 saturated heterocycles. The first-order valence-corrected chi connectivity index (χ1v) is 13.2. The smallest absolute Gasteiger partial charge is 0.322 e. The van der Waals surface area contributed by atoms with E-state index in [4.69, 9.17) is 19.6 Å². The Morgan fingerprint density at radius 2 is 1.90 bits per heavy atom. The minimum Gasteiger partial charge on any atom is -0.480 e. The van der Waals surface area contributed by atoms with Crippen LogP contribution in [0, 0.1) is 0 Å². The first kappa shape index (κ1) is 31.1. The molecule has 1 aliphatic heterocycles. The number of rotatable bonds is 11. The van der Waals surface area contributed by atoms with E-state index in [2.05, 4.69) is 5.32 Å². The fourth-order valence-corrected chi connectivity index (χ4v) is 4.70. The monoisotopic (exact) mass is 567 g/mol. The van der Waals surface area contributed by atoms with E-state index >= 15 is 0 Å². The van der Waals surface area contributed by atoms with Crippen LogP contribution in [0.25, 0.3) is 22.3 Å². The largest absolute Gasteiger partial charge is 0.480 e. The highest BCUT2D eigenvalue weighted by Crippen LogP contribution is 2.38. The molecule has 0 aliphatic carbocycles. The minimum absolute atomic E-state index is 0.0678. The van der Waals surface area contributed by atoms with Gasteiger partial charge in [-0.1, -0.05) is 20.8 Å². The van der Waals surface area contributed by atoms with E-state index in [1.807, 2.05) is 20.8 Å². The number of pyridine rings is 2. The molecule has 3 aromatic rings. The molecule has 4 rings (SSSR count). The van der Waals surface area contributed by atoms with Crippen molar-refractivity contribution in [2.24, 2.45) is 0 Å². The molecular weight excluding hydrogens is 534 g/mol. The zero-order chi connectivity index (χ0) is 30.3. The Labute approximate surface area is 235 Å². The zero-order valence-electron chi connectivity index (χ0n) is 23.4. The second kappa shape index (κ2) is 13.8. The number of carbonyl (C=O) groups is 4. The van der Waals surface area contributed by atoms with Crippen molar-refractivity contribution in [1.29, 1.82) is 0 Å². The summed E-state index contributed by atoms with van der Waals surface area (Å²) in [5.74, 6) is -2.16. The van der Waals surface area contributed by atoms with E-state index in [-0.39, 0.29) is 48.4 Å². The topological polar surface area (TPSA) is 174 Å². The molecule has 12 nitrogen and oxygen atoms in total. The second-order valence-corrected chi connectivity index (χ2v) is 8.96. The second-order valence-electron chi connectivity index (χ2n) is 8.96. The van der Waals surface area contributed by atoms with Crippen molar-refractivity contribution in [3.63, 3.8) is 0 Å². The van der Waals surface area contributed by atoms with Crippen molar-refractivity contribution in [3.8, 4) is 17.1 Å². The minimum atomic E-state index is -1.48. The number of benzene rings is 1. The quantitative estimate of drug-likeness (QED) is 0.139. The molecule has 0 saturated carbocycles. The van der Waals surface area contributed by atoms with Crippen molar-refractivity contribution in [1.82, 2.24) is 14.9 Å². The Morgan fingerprint density at radius 3 is 2.54 bits per heavy atom. The molecule has 1 aromatic carbocycles. The number of methoxy groups -OCH3 is 1.